The number of ether oxygens (including phenoxy) is 2. The van der Waals surface area contributed by atoms with E-state index < -0.39 is 27.9 Å². The molecule has 5 nitrogen and oxygen atoms in total. The van der Waals surface area contributed by atoms with Gasteiger partial charge in [0.05, 0.1) is 11.0 Å². The molecule has 1 unspecified atom stereocenters. The molecule has 1 atom stereocenters. The van der Waals surface area contributed by atoms with Crippen LogP contribution in [0, 0.1) is 12.3 Å². The molecule has 0 aliphatic carbocycles. The molecule has 1 aromatic rings. The molecule has 3 rings (SSSR count). The molecule has 0 saturated carbocycles. The van der Waals surface area contributed by atoms with Gasteiger partial charge >= 0.3 is 6.36 Å². The highest BCUT2D eigenvalue weighted by Crippen LogP contribution is 2.42. The standard InChI is InChI=1S/C17H22F3NO4S/c1-13-2-4-15(5-3-13)26(22,23)21-11-14(25-17(18,19)20)10-16(12-21)6-8-24-9-7-16/h2-5,14H,6-12H2,1H3. The van der Waals surface area contributed by atoms with Crippen molar-refractivity contribution in [3.8, 4) is 0 Å². The number of alkyl halides is 3. The third kappa shape index (κ3) is 4.39. The summed E-state index contributed by atoms with van der Waals surface area (Å²) in [6.07, 6.45) is -4.80. The van der Waals surface area contributed by atoms with Gasteiger partial charge in [0.15, 0.2) is 0 Å². The highest BCUT2D eigenvalue weighted by atomic mass is 32.2. The van der Waals surface area contributed by atoms with E-state index in [4.69, 9.17) is 4.74 Å². The van der Waals surface area contributed by atoms with Crippen LogP contribution in [0.2, 0.25) is 0 Å². The van der Waals surface area contributed by atoms with Crippen LogP contribution in [0.5, 0.6) is 0 Å². The molecule has 0 radical (unpaired) electrons. The second kappa shape index (κ2) is 7.10. The molecule has 0 amide bonds. The van der Waals surface area contributed by atoms with Crippen molar-refractivity contribution in [1.29, 1.82) is 0 Å². The Hall–Kier alpha value is -1.16. The maximum atomic E-state index is 13.0. The predicted molar refractivity (Wildman–Crippen MR) is 88.0 cm³/mol. The van der Waals surface area contributed by atoms with Gasteiger partial charge in [-0.15, -0.1) is 13.2 Å². The first-order chi connectivity index (χ1) is 12.1. The SMILES string of the molecule is Cc1ccc(S(=O)(=O)N2CC(OC(F)(F)F)CC3(CCOCC3)C2)cc1. The summed E-state index contributed by atoms with van der Waals surface area (Å²) in [6.45, 7) is 2.54. The van der Waals surface area contributed by atoms with Crippen molar-refractivity contribution in [2.45, 2.75) is 43.5 Å². The first-order valence-corrected chi connectivity index (χ1v) is 9.93. The van der Waals surface area contributed by atoms with Gasteiger partial charge in [0.25, 0.3) is 0 Å². The maximum Gasteiger partial charge on any atom is 0.522 e. The van der Waals surface area contributed by atoms with Gasteiger partial charge in [0.2, 0.25) is 10.0 Å². The van der Waals surface area contributed by atoms with E-state index in [2.05, 4.69) is 4.74 Å². The van der Waals surface area contributed by atoms with Crippen LogP contribution in [0.3, 0.4) is 0 Å². The Labute approximate surface area is 151 Å². The van der Waals surface area contributed by atoms with Crippen LogP contribution in [0.1, 0.15) is 24.8 Å². The summed E-state index contributed by atoms with van der Waals surface area (Å²) in [6, 6.07) is 6.31. The minimum Gasteiger partial charge on any atom is -0.381 e. The van der Waals surface area contributed by atoms with Crippen molar-refractivity contribution >= 4 is 10.0 Å². The van der Waals surface area contributed by atoms with Gasteiger partial charge in [-0.3, -0.25) is 4.74 Å². The lowest BCUT2D eigenvalue weighted by Gasteiger charge is -2.47. The number of rotatable bonds is 3. The van der Waals surface area contributed by atoms with Crippen molar-refractivity contribution in [3.63, 3.8) is 0 Å². The monoisotopic (exact) mass is 393 g/mol. The van der Waals surface area contributed by atoms with Crippen LogP contribution in [0.25, 0.3) is 0 Å². The molecule has 1 spiro atoms. The first kappa shape index (κ1) is 19.6. The van der Waals surface area contributed by atoms with Gasteiger partial charge in [-0.2, -0.15) is 4.31 Å². The molecule has 2 fully saturated rings. The molecule has 26 heavy (non-hydrogen) atoms. The van der Waals surface area contributed by atoms with E-state index >= 15 is 0 Å². The number of hydrogen-bond donors (Lipinski definition) is 0. The highest BCUT2D eigenvalue weighted by Gasteiger charge is 2.47. The number of hydrogen-bond acceptors (Lipinski definition) is 4. The summed E-state index contributed by atoms with van der Waals surface area (Å²) < 4.78 is 75.0. The molecule has 0 N–H and O–H groups in total. The normalized spacial score (nSPS) is 24.7. The van der Waals surface area contributed by atoms with Crippen LogP contribution < -0.4 is 0 Å². The Balaban J connectivity index is 1.90. The zero-order valence-corrected chi connectivity index (χ0v) is 15.3. The molecule has 9 heteroatoms. The van der Waals surface area contributed by atoms with Gasteiger partial charge in [0.1, 0.15) is 0 Å². The number of halogens is 3. The lowest BCUT2D eigenvalue weighted by Crippen LogP contribution is -2.54. The fraction of sp³-hybridized carbons (Fsp3) is 0.647. The third-order valence-corrected chi connectivity index (χ3v) is 6.92. The highest BCUT2D eigenvalue weighted by molar-refractivity contribution is 7.89. The molecule has 2 saturated heterocycles. The van der Waals surface area contributed by atoms with E-state index in [0.717, 1.165) is 9.87 Å². The Bertz CT molecular complexity index is 727. The van der Waals surface area contributed by atoms with E-state index in [1.807, 2.05) is 6.92 Å². The minimum absolute atomic E-state index is 0.0815. The fourth-order valence-corrected chi connectivity index (χ4v) is 5.34. The Morgan fingerprint density at radius 3 is 2.38 bits per heavy atom. The molecular formula is C17H22F3NO4S. The number of nitrogens with zero attached hydrogens (tertiary/aromatic N) is 1. The average Bonchev–Trinajstić information content (AvgIpc) is 2.54. The number of aryl methyl sites for hydroxylation is 1. The maximum absolute atomic E-state index is 13.0. The van der Waals surface area contributed by atoms with Crippen LogP contribution >= 0.6 is 0 Å². The zero-order chi connectivity index (χ0) is 19.0. The largest absolute Gasteiger partial charge is 0.522 e. The van der Waals surface area contributed by atoms with Crippen LogP contribution in [0.15, 0.2) is 29.2 Å². The topological polar surface area (TPSA) is 55.8 Å². The molecule has 2 aliphatic heterocycles. The zero-order valence-electron chi connectivity index (χ0n) is 14.5. The summed E-state index contributed by atoms with van der Waals surface area (Å²) in [5, 5.41) is 0. The summed E-state index contributed by atoms with van der Waals surface area (Å²) >= 11 is 0. The van der Waals surface area contributed by atoms with Gasteiger partial charge < -0.3 is 4.74 Å². The molecule has 146 valence electrons. The van der Waals surface area contributed by atoms with E-state index in [9.17, 15) is 21.6 Å². The van der Waals surface area contributed by atoms with Crippen LogP contribution in [-0.2, 0) is 19.5 Å². The van der Waals surface area contributed by atoms with Crippen molar-refractivity contribution in [1.82, 2.24) is 4.31 Å². The van der Waals surface area contributed by atoms with Crippen molar-refractivity contribution in [2.24, 2.45) is 5.41 Å². The van der Waals surface area contributed by atoms with Gasteiger partial charge in [-0.25, -0.2) is 8.42 Å². The lowest BCUT2D eigenvalue weighted by molar-refractivity contribution is -0.348. The predicted octanol–water partition coefficient (Wildman–Crippen LogP) is 3.09. The van der Waals surface area contributed by atoms with Gasteiger partial charge in [-0.1, -0.05) is 17.7 Å². The smallest absolute Gasteiger partial charge is 0.381 e. The van der Waals surface area contributed by atoms with Gasteiger partial charge in [-0.05, 0) is 43.7 Å². The Kier molecular flexibility index (Phi) is 5.35. The second-order valence-corrected chi connectivity index (χ2v) is 9.05. The molecular weight excluding hydrogens is 371 g/mol. The Morgan fingerprint density at radius 2 is 1.81 bits per heavy atom. The van der Waals surface area contributed by atoms with E-state index in [1.165, 1.54) is 12.1 Å². The summed E-state index contributed by atoms with van der Waals surface area (Å²) in [4.78, 5) is 0.0815. The van der Waals surface area contributed by atoms with Crippen LogP contribution in [-0.4, -0.2) is 51.5 Å². The number of sulfonamides is 1. The summed E-state index contributed by atoms with van der Waals surface area (Å²) in [5.41, 5.74) is 0.353. The van der Waals surface area contributed by atoms with E-state index in [0.29, 0.717) is 26.1 Å². The summed E-state index contributed by atoms with van der Waals surface area (Å²) in [5.74, 6) is 0. The molecule has 0 bridgehead atoms. The van der Waals surface area contributed by atoms with Crippen LogP contribution in [0.4, 0.5) is 13.2 Å². The number of piperidine rings is 1. The molecule has 1 aromatic carbocycles. The van der Waals surface area contributed by atoms with Crippen molar-refractivity contribution in [3.05, 3.63) is 29.8 Å². The lowest BCUT2D eigenvalue weighted by atomic mass is 9.73. The third-order valence-electron chi connectivity index (χ3n) is 5.09. The average molecular weight is 393 g/mol. The molecule has 2 heterocycles. The van der Waals surface area contributed by atoms with Crippen molar-refractivity contribution < 1.29 is 31.1 Å². The number of benzene rings is 1. The first-order valence-electron chi connectivity index (χ1n) is 8.49. The van der Waals surface area contributed by atoms with Gasteiger partial charge in [0, 0.05) is 26.3 Å². The van der Waals surface area contributed by atoms with Crippen molar-refractivity contribution in [2.75, 3.05) is 26.3 Å². The Morgan fingerprint density at radius 1 is 1.19 bits per heavy atom. The van der Waals surface area contributed by atoms with E-state index in [1.54, 1.807) is 12.1 Å². The minimum atomic E-state index is -4.80. The molecule has 2 aliphatic rings. The quantitative estimate of drug-likeness (QED) is 0.792. The molecule has 0 aromatic heterocycles. The second-order valence-electron chi connectivity index (χ2n) is 7.11. The summed E-state index contributed by atoms with van der Waals surface area (Å²) in [7, 11) is -3.90. The van der Waals surface area contributed by atoms with E-state index in [-0.39, 0.29) is 24.4 Å². The fourth-order valence-electron chi connectivity index (χ4n) is 3.75.